The van der Waals surface area contributed by atoms with E-state index in [1.807, 2.05) is 6.92 Å². The maximum absolute atomic E-state index is 12.2. The second-order valence-electron chi connectivity index (χ2n) is 6.45. The number of carbonyl (C=O) groups excluding carboxylic acids is 1. The van der Waals surface area contributed by atoms with Crippen LogP contribution in [0.5, 0.6) is 11.5 Å². The molecule has 0 unspecified atom stereocenters. The number of phenols is 2. The number of phenolic OH excluding ortho intramolecular Hbond substituents is 2. The first-order valence-electron chi connectivity index (χ1n) is 8.50. The minimum absolute atomic E-state index is 0.0594. The van der Waals surface area contributed by atoms with E-state index in [1.54, 1.807) is 24.3 Å². The van der Waals surface area contributed by atoms with Crippen LogP contribution in [-0.2, 0) is 0 Å². The van der Waals surface area contributed by atoms with E-state index < -0.39 is 27.9 Å². The molecule has 148 valence electrons. The van der Waals surface area contributed by atoms with Gasteiger partial charge in [-0.1, -0.05) is 48.8 Å². The van der Waals surface area contributed by atoms with E-state index in [2.05, 4.69) is 23.9 Å². The van der Waals surface area contributed by atoms with Gasteiger partial charge in [0.25, 0.3) is 0 Å². The van der Waals surface area contributed by atoms with Crippen LogP contribution >= 0.6 is 0 Å². The Labute approximate surface area is 162 Å². The molecule has 2 rings (SSSR count). The van der Waals surface area contributed by atoms with Crippen molar-refractivity contribution in [2.75, 3.05) is 6.54 Å². The lowest BCUT2D eigenvalue weighted by Crippen LogP contribution is -2.02. The highest BCUT2D eigenvalue weighted by Gasteiger charge is 2.22. The molecule has 0 aromatic heterocycles. The number of nitro benzene ring substituents is 1. The Balaban J connectivity index is 0.000000416. The summed E-state index contributed by atoms with van der Waals surface area (Å²) in [6, 6.07) is 8.60. The molecule has 0 heterocycles. The third-order valence-electron chi connectivity index (χ3n) is 3.71. The van der Waals surface area contributed by atoms with Gasteiger partial charge >= 0.3 is 5.69 Å². The molecule has 28 heavy (non-hydrogen) atoms. The molecule has 0 saturated carbocycles. The fourth-order valence-electron chi connectivity index (χ4n) is 2.11. The molecule has 0 aliphatic heterocycles. The second kappa shape index (κ2) is 10.5. The van der Waals surface area contributed by atoms with Crippen LogP contribution in [0.1, 0.15) is 41.8 Å². The molecular formula is C19H22N4O5. The van der Waals surface area contributed by atoms with Crippen LogP contribution in [0, 0.1) is 23.0 Å². The molecule has 2 aromatic rings. The van der Waals surface area contributed by atoms with E-state index in [0.717, 1.165) is 24.1 Å². The van der Waals surface area contributed by atoms with Crippen LogP contribution in [0.3, 0.4) is 0 Å². The maximum atomic E-state index is 12.2. The molecule has 0 atom stereocenters. The van der Waals surface area contributed by atoms with E-state index in [0.29, 0.717) is 18.0 Å². The molecular weight excluding hydrogens is 364 g/mol. The lowest BCUT2D eigenvalue weighted by atomic mass is 10.0. The minimum Gasteiger partial charge on any atom is -0.504 e. The smallest absolute Gasteiger partial charge is 0.315 e. The predicted octanol–water partition coefficient (Wildman–Crippen LogP) is 4.89. The van der Waals surface area contributed by atoms with E-state index in [4.69, 9.17) is 5.53 Å². The van der Waals surface area contributed by atoms with Crippen LogP contribution in [0.15, 0.2) is 41.5 Å². The predicted molar refractivity (Wildman–Crippen MR) is 105 cm³/mol. The third kappa shape index (κ3) is 6.62. The first kappa shape index (κ1) is 22.5. The van der Waals surface area contributed by atoms with E-state index in [1.165, 1.54) is 0 Å². The average molecular weight is 386 g/mol. The van der Waals surface area contributed by atoms with Crippen molar-refractivity contribution in [3.63, 3.8) is 0 Å². The fraction of sp³-hybridized carbons (Fsp3) is 0.316. The quantitative estimate of drug-likeness (QED) is 0.138. The van der Waals surface area contributed by atoms with Gasteiger partial charge in [0.2, 0.25) is 5.75 Å². The minimum atomic E-state index is -0.860. The first-order chi connectivity index (χ1) is 13.2. The number of benzene rings is 2. The SMILES string of the molecule is CC(C)CCN=[N+]=[N-].Cc1ccc(C(=O)c2cc(O)c(O)c([N+](=O)[O-])c2)cc1. The summed E-state index contributed by atoms with van der Waals surface area (Å²) >= 11 is 0. The van der Waals surface area contributed by atoms with Gasteiger partial charge in [0, 0.05) is 28.6 Å². The Morgan fingerprint density at radius 2 is 1.82 bits per heavy atom. The van der Waals surface area contributed by atoms with Gasteiger partial charge in [-0.15, -0.1) is 0 Å². The Kier molecular flexibility index (Phi) is 8.46. The maximum Gasteiger partial charge on any atom is 0.315 e. The number of azide groups is 1. The summed E-state index contributed by atoms with van der Waals surface area (Å²) in [5.74, 6) is -1.38. The molecule has 0 fully saturated rings. The van der Waals surface area contributed by atoms with Gasteiger partial charge in [-0.25, -0.2) is 0 Å². The molecule has 0 spiro atoms. The number of nitrogens with zero attached hydrogens (tertiary/aromatic N) is 4. The standard InChI is InChI=1S/C14H11NO5.C5H11N3/c1-8-2-4-9(5-3-8)13(17)10-6-11(15(19)20)14(18)12(16)7-10;1-5(2)3-4-7-8-6/h2-7,16,18H,1H3;5H,3-4H2,1-2H3. The second-order valence-corrected chi connectivity index (χ2v) is 6.45. The number of carbonyl (C=O) groups is 1. The number of aryl methyl sites for hydroxylation is 1. The van der Waals surface area contributed by atoms with Gasteiger partial charge in [-0.3, -0.25) is 14.9 Å². The van der Waals surface area contributed by atoms with Crippen molar-refractivity contribution in [2.45, 2.75) is 27.2 Å². The zero-order valence-corrected chi connectivity index (χ0v) is 15.9. The summed E-state index contributed by atoms with van der Waals surface area (Å²) in [7, 11) is 0. The molecule has 2 N–H and O–H groups in total. The Bertz CT molecular complexity index is 888. The summed E-state index contributed by atoms with van der Waals surface area (Å²) in [6.07, 6.45) is 0.990. The number of rotatable bonds is 6. The van der Waals surface area contributed by atoms with Crippen molar-refractivity contribution < 1.29 is 19.9 Å². The third-order valence-corrected chi connectivity index (χ3v) is 3.71. The van der Waals surface area contributed by atoms with Crippen LogP contribution in [-0.4, -0.2) is 27.5 Å². The van der Waals surface area contributed by atoms with Crippen molar-refractivity contribution >= 4 is 11.5 Å². The molecule has 0 saturated heterocycles. The number of hydrogen-bond donors (Lipinski definition) is 2. The molecule has 0 amide bonds. The lowest BCUT2D eigenvalue weighted by molar-refractivity contribution is -0.386. The number of nitro groups is 1. The van der Waals surface area contributed by atoms with Gasteiger partial charge in [0.05, 0.1) is 4.92 Å². The number of hydrogen-bond acceptors (Lipinski definition) is 6. The first-order valence-corrected chi connectivity index (χ1v) is 8.50. The summed E-state index contributed by atoms with van der Waals surface area (Å²) in [6.45, 7) is 6.71. The van der Waals surface area contributed by atoms with Crippen molar-refractivity contribution in [3.8, 4) is 11.5 Å². The molecule has 0 aliphatic carbocycles. The van der Waals surface area contributed by atoms with E-state index in [-0.39, 0.29) is 5.56 Å². The summed E-state index contributed by atoms with van der Waals surface area (Å²) in [5, 5.41) is 33.0. The molecule has 9 nitrogen and oxygen atoms in total. The zero-order chi connectivity index (χ0) is 21.3. The zero-order valence-electron chi connectivity index (χ0n) is 15.9. The molecule has 0 radical (unpaired) electrons. The topological polar surface area (TPSA) is 149 Å². The molecule has 0 bridgehead atoms. The van der Waals surface area contributed by atoms with Crippen LogP contribution in [0.25, 0.3) is 10.4 Å². The molecule has 0 aliphatic rings. The number of ketones is 1. The van der Waals surface area contributed by atoms with E-state index >= 15 is 0 Å². The summed E-state index contributed by atoms with van der Waals surface area (Å²) < 4.78 is 0. The monoisotopic (exact) mass is 386 g/mol. The molecule has 9 heteroatoms. The van der Waals surface area contributed by atoms with Gasteiger partial charge in [0.1, 0.15) is 0 Å². The summed E-state index contributed by atoms with van der Waals surface area (Å²) in [4.78, 5) is 24.7. The Hall–Kier alpha value is -3.58. The highest BCUT2D eigenvalue weighted by molar-refractivity contribution is 6.09. The van der Waals surface area contributed by atoms with Crippen molar-refractivity contribution in [1.29, 1.82) is 0 Å². The Morgan fingerprint density at radius 1 is 1.21 bits per heavy atom. The summed E-state index contributed by atoms with van der Waals surface area (Å²) in [5.41, 5.74) is 8.39. The van der Waals surface area contributed by atoms with E-state index in [9.17, 15) is 25.1 Å². The largest absolute Gasteiger partial charge is 0.504 e. The van der Waals surface area contributed by atoms with Crippen molar-refractivity contribution in [1.82, 2.24) is 0 Å². The molecule has 2 aromatic carbocycles. The number of aromatic hydroxyl groups is 2. The highest BCUT2D eigenvalue weighted by Crippen LogP contribution is 2.36. The van der Waals surface area contributed by atoms with Gasteiger partial charge in [-0.2, -0.15) is 0 Å². The average Bonchev–Trinajstić information content (AvgIpc) is 2.64. The Morgan fingerprint density at radius 3 is 2.32 bits per heavy atom. The van der Waals surface area contributed by atoms with Crippen molar-refractivity contribution in [3.05, 3.63) is 73.6 Å². The fourth-order valence-corrected chi connectivity index (χ4v) is 2.11. The highest BCUT2D eigenvalue weighted by atomic mass is 16.6. The van der Waals surface area contributed by atoms with Crippen LogP contribution < -0.4 is 0 Å². The van der Waals surface area contributed by atoms with Crippen LogP contribution in [0.2, 0.25) is 0 Å². The van der Waals surface area contributed by atoms with Gasteiger partial charge in [-0.05, 0) is 30.9 Å². The van der Waals surface area contributed by atoms with Crippen molar-refractivity contribution in [2.24, 2.45) is 11.0 Å². The van der Waals surface area contributed by atoms with Gasteiger partial charge < -0.3 is 10.2 Å². The lowest BCUT2D eigenvalue weighted by Gasteiger charge is -2.05. The van der Waals surface area contributed by atoms with Crippen LogP contribution in [0.4, 0.5) is 5.69 Å². The normalized spacial score (nSPS) is 9.86. The van der Waals surface area contributed by atoms with Gasteiger partial charge in [0.15, 0.2) is 11.5 Å².